The van der Waals surface area contributed by atoms with Crippen molar-refractivity contribution in [2.75, 3.05) is 6.54 Å². The van der Waals surface area contributed by atoms with Crippen LogP contribution in [0.2, 0.25) is 0 Å². The largest absolute Gasteiger partial charge is 0.304 e. The lowest BCUT2D eigenvalue weighted by molar-refractivity contribution is 0.555. The Bertz CT molecular complexity index is 716. The molecule has 2 heterocycles. The molecule has 3 aromatic rings. The molecular weight excluding hydrogens is 320 g/mol. The van der Waals surface area contributed by atoms with Crippen molar-refractivity contribution in [2.45, 2.75) is 19.4 Å². The van der Waals surface area contributed by atoms with Crippen LogP contribution in [0, 0.1) is 0 Å². The van der Waals surface area contributed by atoms with E-state index in [2.05, 4.69) is 64.4 Å². The normalized spacial score (nSPS) is 13.2. The summed E-state index contributed by atoms with van der Waals surface area (Å²) in [5.41, 5.74) is 3.94. The zero-order chi connectivity index (χ0) is 15.9. The highest BCUT2D eigenvalue weighted by Gasteiger charge is 2.14. The van der Waals surface area contributed by atoms with Gasteiger partial charge in [0.15, 0.2) is 0 Å². The second kappa shape index (κ2) is 8.20. The topological polar surface area (TPSA) is 24.9 Å². The van der Waals surface area contributed by atoms with E-state index >= 15 is 0 Å². The van der Waals surface area contributed by atoms with Gasteiger partial charge >= 0.3 is 0 Å². The SMILES string of the molecule is CC(=Cc1ccccc1)CNC(Cc1ccsc1)c1nccs1. The van der Waals surface area contributed by atoms with Crippen LogP contribution in [0.1, 0.15) is 29.1 Å². The van der Waals surface area contributed by atoms with Gasteiger partial charge in [-0.1, -0.05) is 42.0 Å². The van der Waals surface area contributed by atoms with Gasteiger partial charge in [-0.3, -0.25) is 0 Å². The Hall–Kier alpha value is -1.75. The highest BCUT2D eigenvalue weighted by atomic mass is 32.1. The monoisotopic (exact) mass is 340 g/mol. The number of nitrogens with zero attached hydrogens (tertiary/aromatic N) is 1. The minimum atomic E-state index is 0.267. The Labute approximate surface area is 145 Å². The number of benzene rings is 1. The van der Waals surface area contributed by atoms with E-state index in [9.17, 15) is 0 Å². The fourth-order valence-corrected chi connectivity index (χ4v) is 3.86. The number of thiophene rings is 1. The number of aromatic nitrogens is 1. The first-order valence-corrected chi connectivity index (χ1v) is 9.49. The maximum absolute atomic E-state index is 4.50. The summed E-state index contributed by atoms with van der Waals surface area (Å²) in [5, 5.41) is 11.2. The third-order valence-corrected chi connectivity index (χ3v) is 5.23. The smallest absolute Gasteiger partial charge is 0.110 e. The van der Waals surface area contributed by atoms with E-state index in [4.69, 9.17) is 0 Å². The van der Waals surface area contributed by atoms with Gasteiger partial charge in [0, 0.05) is 18.1 Å². The molecule has 0 radical (unpaired) electrons. The first kappa shape index (κ1) is 16.1. The predicted molar refractivity (Wildman–Crippen MR) is 101 cm³/mol. The molecule has 1 atom stereocenters. The molecular formula is C19H20N2S2. The molecule has 118 valence electrons. The van der Waals surface area contributed by atoms with Crippen LogP contribution in [-0.2, 0) is 6.42 Å². The van der Waals surface area contributed by atoms with Crippen molar-refractivity contribution in [1.29, 1.82) is 0 Å². The molecule has 4 heteroatoms. The van der Waals surface area contributed by atoms with E-state index in [-0.39, 0.29) is 6.04 Å². The Morgan fingerprint density at radius 2 is 2.09 bits per heavy atom. The van der Waals surface area contributed by atoms with Gasteiger partial charge in [-0.25, -0.2) is 4.98 Å². The summed E-state index contributed by atoms with van der Waals surface area (Å²) in [6.45, 7) is 3.03. The Morgan fingerprint density at radius 3 is 2.78 bits per heavy atom. The highest BCUT2D eigenvalue weighted by Crippen LogP contribution is 2.22. The molecule has 0 aliphatic carbocycles. The van der Waals surface area contributed by atoms with E-state index in [1.54, 1.807) is 22.7 Å². The molecule has 1 unspecified atom stereocenters. The fourth-order valence-electron chi connectivity index (χ4n) is 2.47. The summed E-state index contributed by atoms with van der Waals surface area (Å²) in [6.07, 6.45) is 5.10. The molecule has 2 nitrogen and oxygen atoms in total. The lowest BCUT2D eigenvalue weighted by Crippen LogP contribution is -2.24. The zero-order valence-corrected chi connectivity index (χ0v) is 14.7. The summed E-state index contributed by atoms with van der Waals surface area (Å²) in [5.74, 6) is 0. The number of hydrogen-bond donors (Lipinski definition) is 1. The van der Waals surface area contributed by atoms with Gasteiger partial charge in [0.1, 0.15) is 5.01 Å². The summed E-state index contributed by atoms with van der Waals surface area (Å²) in [4.78, 5) is 4.50. The Morgan fingerprint density at radius 1 is 1.22 bits per heavy atom. The van der Waals surface area contributed by atoms with E-state index < -0.39 is 0 Å². The van der Waals surface area contributed by atoms with Crippen molar-refractivity contribution in [3.05, 3.63) is 80.4 Å². The van der Waals surface area contributed by atoms with E-state index in [1.807, 2.05) is 17.6 Å². The third kappa shape index (κ3) is 4.86. The van der Waals surface area contributed by atoms with Crippen LogP contribution in [0.4, 0.5) is 0 Å². The predicted octanol–water partition coefficient (Wildman–Crippen LogP) is 5.18. The van der Waals surface area contributed by atoms with Crippen LogP contribution in [0.5, 0.6) is 0 Å². The van der Waals surface area contributed by atoms with Gasteiger partial charge in [0.25, 0.3) is 0 Å². The maximum atomic E-state index is 4.50. The molecule has 23 heavy (non-hydrogen) atoms. The summed E-state index contributed by atoms with van der Waals surface area (Å²) in [6, 6.07) is 12.9. The van der Waals surface area contributed by atoms with Gasteiger partial charge in [-0.05, 0) is 41.3 Å². The number of hydrogen-bond acceptors (Lipinski definition) is 4. The van der Waals surface area contributed by atoms with E-state index in [0.717, 1.165) is 18.0 Å². The first-order chi connectivity index (χ1) is 11.3. The minimum Gasteiger partial charge on any atom is -0.304 e. The molecule has 0 saturated heterocycles. The molecule has 0 fully saturated rings. The van der Waals surface area contributed by atoms with Crippen molar-refractivity contribution < 1.29 is 0 Å². The molecule has 1 aromatic carbocycles. The maximum Gasteiger partial charge on any atom is 0.110 e. The van der Waals surface area contributed by atoms with Crippen molar-refractivity contribution in [3.8, 4) is 0 Å². The lowest BCUT2D eigenvalue weighted by atomic mass is 10.1. The second-order valence-electron chi connectivity index (χ2n) is 5.54. The van der Waals surface area contributed by atoms with Crippen LogP contribution in [0.3, 0.4) is 0 Å². The molecule has 2 aromatic heterocycles. The zero-order valence-electron chi connectivity index (χ0n) is 13.1. The molecule has 0 spiro atoms. The number of thiazole rings is 1. The summed E-state index contributed by atoms with van der Waals surface area (Å²) in [7, 11) is 0. The average molecular weight is 341 g/mol. The molecule has 1 N–H and O–H groups in total. The van der Waals surface area contributed by atoms with Crippen LogP contribution in [-0.4, -0.2) is 11.5 Å². The van der Waals surface area contributed by atoms with Crippen molar-refractivity contribution in [2.24, 2.45) is 0 Å². The minimum absolute atomic E-state index is 0.267. The molecule has 0 aliphatic heterocycles. The van der Waals surface area contributed by atoms with Gasteiger partial charge in [0.2, 0.25) is 0 Å². The first-order valence-electron chi connectivity index (χ1n) is 7.67. The Kier molecular flexibility index (Phi) is 5.75. The molecule has 0 aliphatic rings. The summed E-state index contributed by atoms with van der Waals surface area (Å²) >= 11 is 3.47. The second-order valence-corrected chi connectivity index (χ2v) is 7.25. The average Bonchev–Trinajstić information content (AvgIpc) is 3.26. The molecule has 0 bridgehead atoms. The van der Waals surface area contributed by atoms with E-state index in [0.29, 0.717) is 0 Å². The summed E-state index contributed by atoms with van der Waals surface area (Å²) < 4.78 is 0. The highest BCUT2D eigenvalue weighted by molar-refractivity contribution is 7.09. The molecule has 0 saturated carbocycles. The van der Waals surface area contributed by atoms with E-state index in [1.165, 1.54) is 16.7 Å². The standard InChI is InChI=1S/C19H20N2S2/c1-15(11-16-5-3-2-4-6-16)13-21-18(19-20-8-10-23-19)12-17-7-9-22-14-17/h2-11,14,18,21H,12-13H2,1H3. The van der Waals surface area contributed by atoms with Gasteiger partial charge in [0.05, 0.1) is 6.04 Å². The molecule has 0 amide bonds. The van der Waals surface area contributed by atoms with Gasteiger partial charge in [-0.15, -0.1) is 11.3 Å². The van der Waals surface area contributed by atoms with Crippen LogP contribution in [0.25, 0.3) is 6.08 Å². The quantitative estimate of drug-likeness (QED) is 0.641. The lowest BCUT2D eigenvalue weighted by Gasteiger charge is -2.16. The van der Waals surface area contributed by atoms with Crippen LogP contribution >= 0.6 is 22.7 Å². The van der Waals surface area contributed by atoms with Gasteiger partial charge in [-0.2, -0.15) is 11.3 Å². The third-order valence-electron chi connectivity index (χ3n) is 3.61. The number of rotatable bonds is 7. The van der Waals surface area contributed by atoms with Crippen LogP contribution in [0.15, 0.2) is 64.3 Å². The van der Waals surface area contributed by atoms with Crippen molar-refractivity contribution >= 4 is 28.7 Å². The number of nitrogens with one attached hydrogen (secondary N) is 1. The van der Waals surface area contributed by atoms with Crippen LogP contribution < -0.4 is 5.32 Å². The fraction of sp³-hybridized carbons (Fsp3) is 0.211. The Balaban J connectivity index is 1.65. The van der Waals surface area contributed by atoms with Crippen molar-refractivity contribution in [1.82, 2.24) is 10.3 Å². The van der Waals surface area contributed by atoms with Gasteiger partial charge < -0.3 is 5.32 Å². The van der Waals surface area contributed by atoms with Crippen molar-refractivity contribution in [3.63, 3.8) is 0 Å². The molecule has 3 rings (SSSR count).